The van der Waals surface area contributed by atoms with Crippen LogP contribution in [0.5, 0.6) is 0 Å². The van der Waals surface area contributed by atoms with Crippen molar-refractivity contribution in [3.8, 4) is 5.69 Å². The minimum absolute atomic E-state index is 0.290. The highest BCUT2D eigenvalue weighted by Crippen LogP contribution is 2.22. The molecule has 0 amide bonds. The number of morpholine rings is 1. The molecule has 10 nitrogen and oxygen atoms in total. The highest BCUT2D eigenvalue weighted by Gasteiger charge is 2.29. The Bertz CT molecular complexity index is 1140. The van der Waals surface area contributed by atoms with E-state index in [0.717, 1.165) is 24.6 Å². The molecule has 1 aromatic carbocycles. The van der Waals surface area contributed by atoms with Crippen LogP contribution in [0.4, 0.5) is 11.8 Å². The van der Waals surface area contributed by atoms with E-state index >= 15 is 0 Å². The third kappa shape index (κ3) is 4.18. The monoisotopic (exact) mass is 455 g/mol. The van der Waals surface area contributed by atoms with Crippen LogP contribution in [0.25, 0.3) is 5.69 Å². The van der Waals surface area contributed by atoms with Gasteiger partial charge in [-0.2, -0.15) is 14.4 Å². The third-order valence-corrected chi connectivity index (χ3v) is 7.64. The van der Waals surface area contributed by atoms with Gasteiger partial charge >= 0.3 is 0 Å². The van der Waals surface area contributed by atoms with Crippen LogP contribution in [0.2, 0.25) is 0 Å². The number of rotatable bonds is 5. The lowest BCUT2D eigenvalue weighted by molar-refractivity contribution is 0.122. The number of benzene rings is 1. The number of hydrogen-bond donors (Lipinski definition) is 0. The van der Waals surface area contributed by atoms with E-state index in [9.17, 15) is 8.42 Å². The molecule has 2 aliphatic rings. The number of anilines is 2. The van der Waals surface area contributed by atoms with E-state index in [1.807, 2.05) is 18.3 Å². The maximum Gasteiger partial charge on any atom is 0.243 e. The first kappa shape index (κ1) is 20.9. The van der Waals surface area contributed by atoms with Crippen molar-refractivity contribution in [2.24, 2.45) is 0 Å². The van der Waals surface area contributed by atoms with Crippen LogP contribution < -0.4 is 9.80 Å². The predicted octanol–water partition coefficient (Wildman–Crippen LogP) is 1.01. The molecule has 0 radical (unpaired) electrons. The molecule has 32 heavy (non-hydrogen) atoms. The highest BCUT2D eigenvalue weighted by molar-refractivity contribution is 7.89. The Kier molecular flexibility index (Phi) is 5.77. The normalized spacial score (nSPS) is 18.1. The van der Waals surface area contributed by atoms with Gasteiger partial charge in [0.15, 0.2) is 0 Å². The minimum atomic E-state index is -3.56. The molecular formula is C21H25N7O3S. The van der Waals surface area contributed by atoms with E-state index in [1.165, 1.54) is 4.31 Å². The zero-order chi connectivity index (χ0) is 22.0. The van der Waals surface area contributed by atoms with E-state index in [0.29, 0.717) is 50.2 Å². The van der Waals surface area contributed by atoms with Gasteiger partial charge in [0.05, 0.1) is 23.8 Å². The van der Waals surface area contributed by atoms with Crippen LogP contribution in [-0.2, 0) is 14.8 Å². The number of hydrogen-bond acceptors (Lipinski definition) is 8. The summed E-state index contributed by atoms with van der Waals surface area (Å²) in [5.74, 6) is 1.51. The van der Waals surface area contributed by atoms with Gasteiger partial charge in [0.2, 0.25) is 16.0 Å². The average molecular weight is 456 g/mol. The van der Waals surface area contributed by atoms with Gasteiger partial charge in [-0.15, -0.1) is 0 Å². The van der Waals surface area contributed by atoms with Crippen LogP contribution in [0, 0.1) is 0 Å². The molecule has 0 spiro atoms. The fourth-order valence-electron chi connectivity index (χ4n) is 3.93. The molecule has 2 aromatic heterocycles. The molecule has 0 aliphatic carbocycles. The maximum absolute atomic E-state index is 13.1. The molecule has 0 bridgehead atoms. The Hall–Kier alpha value is -3.02. The number of ether oxygens (including phenoxy) is 1. The number of sulfonamides is 1. The van der Waals surface area contributed by atoms with E-state index < -0.39 is 10.0 Å². The van der Waals surface area contributed by atoms with Crippen LogP contribution in [0.3, 0.4) is 0 Å². The van der Waals surface area contributed by atoms with Crippen molar-refractivity contribution in [3.05, 3.63) is 55.0 Å². The molecular weight excluding hydrogens is 430 g/mol. The Morgan fingerprint density at radius 3 is 2.28 bits per heavy atom. The van der Waals surface area contributed by atoms with E-state index in [1.54, 1.807) is 41.3 Å². The average Bonchev–Trinajstić information content (AvgIpc) is 3.40. The van der Waals surface area contributed by atoms with Gasteiger partial charge in [0.25, 0.3) is 0 Å². The van der Waals surface area contributed by atoms with Crippen molar-refractivity contribution in [2.45, 2.75) is 4.90 Å². The number of piperazine rings is 1. The highest BCUT2D eigenvalue weighted by atomic mass is 32.2. The second-order valence-corrected chi connectivity index (χ2v) is 9.59. The number of nitrogens with zero attached hydrogens (tertiary/aromatic N) is 7. The second-order valence-electron chi connectivity index (χ2n) is 7.65. The van der Waals surface area contributed by atoms with Crippen molar-refractivity contribution in [2.75, 3.05) is 62.3 Å². The van der Waals surface area contributed by atoms with Crippen molar-refractivity contribution >= 4 is 21.8 Å². The molecule has 0 atom stereocenters. The minimum Gasteiger partial charge on any atom is -0.378 e. The molecule has 168 valence electrons. The van der Waals surface area contributed by atoms with E-state index in [2.05, 4.69) is 19.9 Å². The van der Waals surface area contributed by atoms with Gasteiger partial charge in [-0.3, -0.25) is 0 Å². The van der Waals surface area contributed by atoms with Crippen molar-refractivity contribution in [1.29, 1.82) is 0 Å². The molecule has 11 heteroatoms. The van der Waals surface area contributed by atoms with E-state index in [-0.39, 0.29) is 0 Å². The smallest absolute Gasteiger partial charge is 0.243 e. The SMILES string of the molecule is O=S(=O)(c1ccc(-n2cccn2)cc1)N1CCN(c2ccnc(N3CCOCC3)n2)CC1. The quantitative estimate of drug-likeness (QED) is 0.562. The van der Waals surface area contributed by atoms with Crippen LogP contribution in [0.1, 0.15) is 0 Å². The van der Waals surface area contributed by atoms with Gasteiger partial charge < -0.3 is 14.5 Å². The summed E-state index contributed by atoms with van der Waals surface area (Å²) in [7, 11) is -3.56. The van der Waals surface area contributed by atoms with Gasteiger partial charge in [-0.1, -0.05) is 0 Å². The Labute approximate surface area is 187 Å². The standard InChI is InChI=1S/C21H25N7O3S/c29-32(30,19-4-2-18(3-5-19)28-9-1-7-23-28)27-12-10-25(11-13-27)20-6-8-22-21(24-20)26-14-16-31-17-15-26/h1-9H,10-17H2. The van der Waals surface area contributed by atoms with Crippen molar-refractivity contribution in [3.63, 3.8) is 0 Å². The molecule has 0 N–H and O–H groups in total. The van der Waals surface area contributed by atoms with Gasteiger partial charge in [0, 0.05) is 57.9 Å². The first-order valence-electron chi connectivity index (χ1n) is 10.6. The van der Waals surface area contributed by atoms with E-state index in [4.69, 9.17) is 9.72 Å². The van der Waals surface area contributed by atoms with Crippen LogP contribution >= 0.6 is 0 Å². The summed E-state index contributed by atoms with van der Waals surface area (Å²) in [6.45, 7) is 4.85. The summed E-state index contributed by atoms with van der Waals surface area (Å²) in [5, 5.41) is 4.17. The Morgan fingerprint density at radius 1 is 0.844 bits per heavy atom. The second kappa shape index (κ2) is 8.85. The van der Waals surface area contributed by atoms with Crippen molar-refractivity contribution < 1.29 is 13.2 Å². The largest absolute Gasteiger partial charge is 0.378 e. The first-order chi connectivity index (χ1) is 15.6. The lowest BCUT2D eigenvalue weighted by atomic mass is 10.3. The zero-order valence-corrected chi connectivity index (χ0v) is 18.4. The fourth-order valence-corrected chi connectivity index (χ4v) is 5.35. The molecule has 2 saturated heterocycles. The van der Waals surface area contributed by atoms with Crippen molar-refractivity contribution in [1.82, 2.24) is 24.1 Å². The molecule has 0 saturated carbocycles. The molecule has 2 fully saturated rings. The molecule has 2 aliphatic heterocycles. The molecule has 4 heterocycles. The lowest BCUT2D eigenvalue weighted by Crippen LogP contribution is -2.49. The summed E-state index contributed by atoms with van der Waals surface area (Å²) in [6.07, 6.45) is 5.27. The fraction of sp³-hybridized carbons (Fsp3) is 0.381. The molecule has 0 unspecified atom stereocenters. The summed E-state index contributed by atoms with van der Waals surface area (Å²) in [6, 6.07) is 10.5. The van der Waals surface area contributed by atoms with Crippen LogP contribution in [0.15, 0.2) is 59.9 Å². The predicted molar refractivity (Wildman–Crippen MR) is 120 cm³/mol. The Balaban J connectivity index is 1.25. The lowest BCUT2D eigenvalue weighted by Gasteiger charge is -2.35. The Morgan fingerprint density at radius 2 is 1.59 bits per heavy atom. The molecule has 3 aromatic rings. The zero-order valence-electron chi connectivity index (χ0n) is 17.6. The van der Waals surface area contributed by atoms with Crippen LogP contribution in [-0.4, -0.2) is 85.0 Å². The summed E-state index contributed by atoms with van der Waals surface area (Å²) in [4.78, 5) is 13.6. The summed E-state index contributed by atoms with van der Waals surface area (Å²) < 4.78 is 34.9. The van der Waals surface area contributed by atoms with Gasteiger partial charge in [0.1, 0.15) is 5.82 Å². The van der Waals surface area contributed by atoms with Gasteiger partial charge in [-0.05, 0) is 36.4 Å². The number of aromatic nitrogens is 4. The third-order valence-electron chi connectivity index (χ3n) is 5.73. The molecule has 5 rings (SSSR count). The topological polar surface area (TPSA) is 96.7 Å². The first-order valence-corrected chi connectivity index (χ1v) is 12.1. The summed E-state index contributed by atoms with van der Waals surface area (Å²) >= 11 is 0. The van der Waals surface area contributed by atoms with Gasteiger partial charge in [-0.25, -0.2) is 18.1 Å². The summed E-state index contributed by atoms with van der Waals surface area (Å²) in [5.41, 5.74) is 0.818. The maximum atomic E-state index is 13.1.